The van der Waals surface area contributed by atoms with E-state index in [-0.39, 0.29) is 11.0 Å². The Labute approximate surface area is 82.8 Å². The summed E-state index contributed by atoms with van der Waals surface area (Å²) >= 11 is 6.10. The number of halogens is 1. The van der Waals surface area contributed by atoms with E-state index in [0.29, 0.717) is 6.61 Å². The fourth-order valence-electron chi connectivity index (χ4n) is 0.441. The van der Waals surface area contributed by atoms with Crippen LogP contribution in [0, 0.1) is 0 Å². The molecule has 0 aliphatic rings. The summed E-state index contributed by atoms with van der Waals surface area (Å²) in [4.78, 5) is 10.6. The van der Waals surface area contributed by atoms with E-state index in [2.05, 4.69) is 21.1 Å². The molecule has 0 rings (SSSR count). The summed E-state index contributed by atoms with van der Waals surface area (Å²) in [6.07, 6.45) is 0. The highest BCUT2D eigenvalue weighted by Gasteiger charge is 2.07. The Hall–Kier alpha value is 0.230. The predicted molar refractivity (Wildman–Crippen MR) is 52.2 cm³/mol. The Balaban J connectivity index is 3.28. The molecule has 72 valence electrons. The van der Waals surface area contributed by atoms with Gasteiger partial charge in [-0.1, -0.05) is 0 Å². The topological polar surface area (TPSA) is 26.3 Å². The largest absolute Gasteiger partial charge is 0.329 e. The molecule has 0 radical (unpaired) electrons. The van der Waals surface area contributed by atoms with Crippen LogP contribution in [0.5, 0.6) is 0 Å². The third kappa shape index (κ3) is 8.33. The zero-order chi connectivity index (χ0) is 9.61. The first-order valence-electron chi connectivity index (χ1n) is 3.64. The highest BCUT2D eigenvalue weighted by molar-refractivity contribution is 8.09. The molecule has 12 heavy (non-hydrogen) atoms. The maximum Gasteiger partial charge on any atom is 0.230 e. The van der Waals surface area contributed by atoms with Crippen LogP contribution < -0.4 is 0 Å². The van der Waals surface area contributed by atoms with Crippen molar-refractivity contribution >= 4 is 28.8 Å². The number of alkyl halides is 1. The molecule has 0 saturated heterocycles. The molecule has 0 amide bonds. The van der Waals surface area contributed by atoms with Gasteiger partial charge in [-0.3, -0.25) is 4.79 Å². The fourth-order valence-corrected chi connectivity index (χ4v) is 0.908. The summed E-state index contributed by atoms with van der Waals surface area (Å²) < 4.78 is 5.86. The Morgan fingerprint density at radius 3 is 2.50 bits per heavy atom. The molecule has 5 heteroatoms. The van der Waals surface area contributed by atoms with Crippen molar-refractivity contribution in [2.75, 3.05) is 40.2 Å². The molecule has 0 spiro atoms. The van der Waals surface area contributed by atoms with Crippen LogP contribution in [-0.4, -0.2) is 49.8 Å². The first kappa shape index (κ1) is 12.2. The van der Waals surface area contributed by atoms with Gasteiger partial charge in [-0.25, -0.2) is 0 Å². The quantitative estimate of drug-likeness (QED) is 0.296. The first-order chi connectivity index (χ1) is 5.45. The Morgan fingerprint density at radius 1 is 1.50 bits per heavy atom. The molecule has 3 nitrogen and oxygen atoms in total. The van der Waals surface area contributed by atoms with Gasteiger partial charge in [0.1, 0.15) is 13.2 Å². The summed E-state index contributed by atoms with van der Waals surface area (Å²) in [7, 11) is 6.20. The SMILES string of the molecule is C[N+](C)(C)CCOSC(=O)CCl. The number of likely N-dealkylation sites (N-methyl/N-ethyl adjacent to an activating group) is 1. The molecular formula is C7H15ClNO2S+. The minimum Gasteiger partial charge on any atom is -0.329 e. The minimum atomic E-state index is -0.141. The van der Waals surface area contributed by atoms with Crippen LogP contribution in [0.1, 0.15) is 0 Å². The summed E-state index contributed by atoms with van der Waals surface area (Å²) in [5, 5.41) is -0.141. The molecule has 0 atom stereocenters. The first-order valence-corrected chi connectivity index (χ1v) is 4.92. The maximum atomic E-state index is 10.6. The molecule has 0 saturated carbocycles. The second-order valence-electron chi connectivity index (χ2n) is 3.42. The molecular weight excluding hydrogens is 198 g/mol. The Morgan fingerprint density at radius 2 is 2.08 bits per heavy atom. The summed E-state index contributed by atoms with van der Waals surface area (Å²) in [6, 6.07) is 0. The highest BCUT2D eigenvalue weighted by Crippen LogP contribution is 2.05. The summed E-state index contributed by atoms with van der Waals surface area (Å²) in [6.45, 7) is 1.44. The van der Waals surface area contributed by atoms with Crippen molar-refractivity contribution in [3.63, 3.8) is 0 Å². The lowest BCUT2D eigenvalue weighted by Gasteiger charge is -2.22. The molecule has 0 fully saturated rings. The van der Waals surface area contributed by atoms with E-state index in [4.69, 9.17) is 15.8 Å². The van der Waals surface area contributed by atoms with Crippen molar-refractivity contribution in [1.29, 1.82) is 0 Å². The smallest absolute Gasteiger partial charge is 0.230 e. The molecule has 0 N–H and O–H groups in total. The zero-order valence-corrected chi connectivity index (χ0v) is 9.24. The van der Waals surface area contributed by atoms with Gasteiger partial charge in [-0.05, 0) is 0 Å². The van der Waals surface area contributed by atoms with Crippen LogP contribution in [0.4, 0.5) is 0 Å². The molecule has 0 aliphatic heterocycles. The summed E-state index contributed by atoms with van der Waals surface area (Å²) in [5.74, 6) is 0.00897. The molecule has 0 aromatic heterocycles. The number of rotatable bonds is 5. The van der Waals surface area contributed by atoms with Gasteiger partial charge in [0, 0.05) is 0 Å². The molecule has 0 bridgehead atoms. The van der Waals surface area contributed by atoms with Crippen LogP contribution in [-0.2, 0) is 8.98 Å². The standard InChI is InChI=1S/C7H15ClNO2S/c1-9(2,3)4-5-11-12-7(10)6-8/h4-6H2,1-3H3/q+1. The van der Waals surface area contributed by atoms with Crippen molar-refractivity contribution in [1.82, 2.24) is 0 Å². The van der Waals surface area contributed by atoms with Crippen LogP contribution >= 0.6 is 23.6 Å². The normalized spacial score (nSPS) is 11.7. The van der Waals surface area contributed by atoms with Crippen molar-refractivity contribution < 1.29 is 13.5 Å². The van der Waals surface area contributed by atoms with Gasteiger partial charge in [0.05, 0.1) is 39.1 Å². The van der Waals surface area contributed by atoms with Gasteiger partial charge in [-0.2, -0.15) is 0 Å². The number of carbonyl (C=O) groups excluding carboxylic acids is 1. The lowest BCUT2D eigenvalue weighted by molar-refractivity contribution is -0.870. The van der Waals surface area contributed by atoms with E-state index in [1.165, 1.54) is 0 Å². The predicted octanol–water partition coefficient (Wildman–Crippen LogP) is 1.12. The Bertz CT molecular complexity index is 147. The number of quaternary nitrogens is 1. The van der Waals surface area contributed by atoms with Crippen molar-refractivity contribution in [2.24, 2.45) is 0 Å². The maximum absolute atomic E-state index is 10.6. The van der Waals surface area contributed by atoms with Crippen molar-refractivity contribution in [2.45, 2.75) is 0 Å². The average molecular weight is 213 g/mol. The van der Waals surface area contributed by atoms with Crippen LogP contribution in [0.2, 0.25) is 0 Å². The van der Waals surface area contributed by atoms with Gasteiger partial charge in [-0.15, -0.1) is 11.6 Å². The number of hydrogen-bond donors (Lipinski definition) is 0. The van der Waals surface area contributed by atoms with Crippen molar-refractivity contribution in [3.05, 3.63) is 0 Å². The van der Waals surface area contributed by atoms with Crippen molar-refractivity contribution in [3.8, 4) is 0 Å². The molecule has 0 aliphatic carbocycles. The van der Waals surface area contributed by atoms with E-state index in [1.54, 1.807) is 0 Å². The minimum absolute atomic E-state index is 0.00897. The third-order valence-electron chi connectivity index (χ3n) is 1.11. The van der Waals surface area contributed by atoms with E-state index in [0.717, 1.165) is 23.1 Å². The van der Waals surface area contributed by atoms with Crippen LogP contribution in [0.25, 0.3) is 0 Å². The van der Waals surface area contributed by atoms with E-state index in [9.17, 15) is 4.79 Å². The average Bonchev–Trinajstić information content (AvgIpc) is 1.96. The second-order valence-corrected chi connectivity index (χ2v) is 4.55. The number of nitrogens with zero attached hydrogens (tertiary/aromatic N) is 1. The van der Waals surface area contributed by atoms with Gasteiger partial charge in [0.15, 0.2) is 0 Å². The lowest BCUT2D eigenvalue weighted by Crippen LogP contribution is -2.37. The van der Waals surface area contributed by atoms with Gasteiger partial charge in [0.25, 0.3) is 0 Å². The van der Waals surface area contributed by atoms with Gasteiger partial charge < -0.3 is 8.67 Å². The highest BCUT2D eigenvalue weighted by atomic mass is 35.5. The van der Waals surface area contributed by atoms with Gasteiger partial charge in [0.2, 0.25) is 5.12 Å². The summed E-state index contributed by atoms with van der Waals surface area (Å²) in [5.41, 5.74) is 0. The molecule has 0 unspecified atom stereocenters. The third-order valence-corrected chi connectivity index (χ3v) is 2.12. The Kier molecular flexibility index (Phi) is 5.92. The second kappa shape index (κ2) is 5.80. The monoisotopic (exact) mass is 212 g/mol. The molecule has 0 aromatic carbocycles. The van der Waals surface area contributed by atoms with E-state index >= 15 is 0 Å². The molecule has 0 heterocycles. The lowest BCUT2D eigenvalue weighted by atomic mass is 10.5. The number of hydrogen-bond acceptors (Lipinski definition) is 3. The van der Waals surface area contributed by atoms with Gasteiger partial charge >= 0.3 is 0 Å². The molecule has 0 aromatic rings. The number of carbonyl (C=O) groups is 1. The van der Waals surface area contributed by atoms with E-state index in [1.807, 2.05) is 0 Å². The van der Waals surface area contributed by atoms with Crippen LogP contribution in [0.15, 0.2) is 0 Å². The zero-order valence-electron chi connectivity index (χ0n) is 7.67. The van der Waals surface area contributed by atoms with E-state index < -0.39 is 0 Å². The fraction of sp³-hybridized carbons (Fsp3) is 0.857. The van der Waals surface area contributed by atoms with Crippen LogP contribution in [0.3, 0.4) is 0 Å².